The Bertz CT molecular complexity index is 1570. The summed E-state index contributed by atoms with van der Waals surface area (Å²) in [6.45, 7) is 6.81. The highest BCUT2D eigenvalue weighted by molar-refractivity contribution is 6.30. The van der Waals surface area contributed by atoms with Crippen molar-refractivity contribution in [2.45, 2.75) is 58.4 Å². The fraction of sp³-hybridized carbons (Fsp3) is 0.419. The number of amides is 1. The van der Waals surface area contributed by atoms with Gasteiger partial charge in [0.05, 0.1) is 18.2 Å². The van der Waals surface area contributed by atoms with Crippen molar-refractivity contribution in [3.63, 3.8) is 0 Å². The summed E-state index contributed by atoms with van der Waals surface area (Å²) >= 11 is 6.09. The zero-order valence-corrected chi connectivity index (χ0v) is 22.7. The predicted molar refractivity (Wildman–Crippen MR) is 151 cm³/mol. The van der Waals surface area contributed by atoms with Crippen molar-refractivity contribution in [1.29, 1.82) is 0 Å². The average molecular weight is 533 g/mol. The third-order valence-electron chi connectivity index (χ3n) is 8.62. The van der Waals surface area contributed by atoms with Gasteiger partial charge in [-0.05, 0) is 87.9 Å². The molecule has 2 aliphatic rings. The number of nitrogens with zero attached hydrogens (tertiary/aromatic N) is 1. The lowest BCUT2D eigenvalue weighted by molar-refractivity contribution is -0.120. The lowest BCUT2D eigenvalue weighted by atomic mass is 9.83. The van der Waals surface area contributed by atoms with E-state index in [9.17, 15) is 9.59 Å². The number of aryl methyl sites for hydroxylation is 2. The third kappa shape index (κ3) is 4.54. The molecular formula is C31H33ClN2O4. The third-order valence-corrected chi connectivity index (χ3v) is 8.88. The first kappa shape index (κ1) is 25.2. The molecule has 0 radical (unpaired) electrons. The van der Waals surface area contributed by atoms with E-state index in [-0.39, 0.29) is 12.3 Å². The van der Waals surface area contributed by atoms with Crippen molar-refractivity contribution in [3.05, 3.63) is 68.7 Å². The second kappa shape index (κ2) is 10.2. The van der Waals surface area contributed by atoms with Crippen molar-refractivity contribution in [2.24, 2.45) is 5.92 Å². The van der Waals surface area contributed by atoms with Crippen LogP contribution in [0.2, 0.25) is 5.02 Å². The summed E-state index contributed by atoms with van der Waals surface area (Å²) in [5, 5.41) is 5.55. The van der Waals surface area contributed by atoms with E-state index in [0.29, 0.717) is 40.3 Å². The normalized spacial score (nSPS) is 20.1. The SMILES string of the molecule is Cc1c(CC(=O)NC[C@@H]2CCCN3CCCC[C@@H]23)c(=O)oc2c(C)c3occ(-c4ccc(Cl)cc4)c3cc12. The Kier molecular flexibility index (Phi) is 6.79. The molecule has 0 spiro atoms. The van der Waals surface area contributed by atoms with Crippen LogP contribution in [0.15, 0.2) is 50.2 Å². The molecule has 0 bridgehead atoms. The van der Waals surface area contributed by atoms with Crippen LogP contribution in [-0.2, 0) is 11.2 Å². The number of hydrogen-bond acceptors (Lipinski definition) is 5. The van der Waals surface area contributed by atoms with E-state index in [4.69, 9.17) is 20.4 Å². The summed E-state index contributed by atoms with van der Waals surface area (Å²) in [5.41, 5.74) is 4.59. The number of piperidine rings is 2. The standard InChI is InChI=1S/C31H33ClN2O4/c1-18-23-14-25-26(20-8-10-22(32)11-9-20)17-37-29(25)19(2)30(23)38-31(36)24(18)15-28(35)33-16-21-6-5-13-34-12-4-3-7-27(21)34/h8-11,14,17,21,27H,3-7,12-13,15-16H2,1-2H3,(H,33,35)/t21-,27-/m0/s1. The minimum Gasteiger partial charge on any atom is -0.463 e. The summed E-state index contributed by atoms with van der Waals surface area (Å²) in [6, 6.07) is 10.2. The first-order valence-corrected chi connectivity index (χ1v) is 14.0. The van der Waals surface area contributed by atoms with Gasteiger partial charge < -0.3 is 19.1 Å². The van der Waals surface area contributed by atoms with Crippen LogP contribution in [0, 0.1) is 19.8 Å². The first-order chi connectivity index (χ1) is 18.4. The minimum absolute atomic E-state index is 0.0116. The van der Waals surface area contributed by atoms with Gasteiger partial charge in [-0.15, -0.1) is 0 Å². The van der Waals surface area contributed by atoms with Gasteiger partial charge in [-0.2, -0.15) is 0 Å². The van der Waals surface area contributed by atoms with E-state index >= 15 is 0 Å². The monoisotopic (exact) mass is 532 g/mol. The van der Waals surface area contributed by atoms with Gasteiger partial charge in [0.25, 0.3) is 0 Å². The fourth-order valence-corrected chi connectivity index (χ4v) is 6.66. The number of carbonyl (C=O) groups excluding carboxylic acids is 1. The van der Waals surface area contributed by atoms with Crippen LogP contribution in [-0.4, -0.2) is 36.5 Å². The van der Waals surface area contributed by atoms with Gasteiger partial charge in [0.1, 0.15) is 11.2 Å². The summed E-state index contributed by atoms with van der Waals surface area (Å²) in [5.74, 6) is 0.348. The second-order valence-corrected chi connectivity index (χ2v) is 11.3. The molecule has 0 saturated carbocycles. The maximum atomic E-state index is 13.0. The minimum atomic E-state index is -0.465. The molecule has 2 aliphatic heterocycles. The smallest absolute Gasteiger partial charge is 0.340 e. The molecule has 4 heterocycles. The number of halogens is 1. The fourth-order valence-electron chi connectivity index (χ4n) is 6.54. The molecule has 2 saturated heterocycles. The van der Waals surface area contributed by atoms with Crippen LogP contribution in [0.1, 0.15) is 48.8 Å². The van der Waals surface area contributed by atoms with Gasteiger partial charge >= 0.3 is 5.63 Å². The summed E-state index contributed by atoms with van der Waals surface area (Å²) in [4.78, 5) is 28.7. The van der Waals surface area contributed by atoms with Crippen molar-refractivity contribution >= 4 is 39.4 Å². The molecular weight excluding hydrogens is 500 g/mol. The average Bonchev–Trinajstić information content (AvgIpc) is 3.35. The number of hydrogen-bond donors (Lipinski definition) is 1. The van der Waals surface area contributed by atoms with Gasteiger partial charge in [0, 0.05) is 39.5 Å². The highest BCUT2D eigenvalue weighted by Crippen LogP contribution is 2.37. The molecule has 198 valence electrons. The maximum Gasteiger partial charge on any atom is 0.340 e. The largest absolute Gasteiger partial charge is 0.463 e. The molecule has 1 amide bonds. The van der Waals surface area contributed by atoms with Gasteiger partial charge in [-0.25, -0.2) is 4.79 Å². The molecule has 0 aliphatic carbocycles. The molecule has 1 N–H and O–H groups in total. The Morgan fingerprint density at radius 1 is 1.03 bits per heavy atom. The second-order valence-electron chi connectivity index (χ2n) is 10.9. The number of rotatable bonds is 5. The maximum absolute atomic E-state index is 13.0. The van der Waals surface area contributed by atoms with E-state index in [1.165, 1.54) is 38.8 Å². The Balaban J connectivity index is 1.28. The Hall–Kier alpha value is -3.09. The zero-order valence-electron chi connectivity index (χ0n) is 21.9. The lowest BCUT2D eigenvalue weighted by Gasteiger charge is -2.44. The summed E-state index contributed by atoms with van der Waals surface area (Å²) < 4.78 is 11.7. The van der Waals surface area contributed by atoms with Crippen LogP contribution in [0.3, 0.4) is 0 Å². The van der Waals surface area contributed by atoms with Crippen LogP contribution in [0.5, 0.6) is 0 Å². The molecule has 6 nitrogen and oxygen atoms in total. The van der Waals surface area contributed by atoms with Crippen molar-refractivity contribution in [2.75, 3.05) is 19.6 Å². The summed E-state index contributed by atoms with van der Waals surface area (Å²) in [7, 11) is 0. The molecule has 38 heavy (non-hydrogen) atoms. The number of benzene rings is 2. The Labute approximate surface area is 226 Å². The quantitative estimate of drug-likeness (QED) is 0.301. The van der Waals surface area contributed by atoms with E-state index in [0.717, 1.165) is 39.4 Å². The van der Waals surface area contributed by atoms with Crippen molar-refractivity contribution in [1.82, 2.24) is 10.2 Å². The molecule has 6 rings (SSSR count). The molecule has 4 aromatic rings. The van der Waals surface area contributed by atoms with E-state index in [2.05, 4.69) is 10.2 Å². The van der Waals surface area contributed by atoms with Gasteiger partial charge in [0.2, 0.25) is 5.91 Å². The topological polar surface area (TPSA) is 75.7 Å². The molecule has 7 heteroatoms. The van der Waals surface area contributed by atoms with Crippen LogP contribution < -0.4 is 10.9 Å². The highest BCUT2D eigenvalue weighted by atomic mass is 35.5. The van der Waals surface area contributed by atoms with E-state index in [1.54, 1.807) is 6.26 Å². The molecule has 2 atom stereocenters. The highest BCUT2D eigenvalue weighted by Gasteiger charge is 2.33. The molecule has 2 aromatic heterocycles. The Morgan fingerprint density at radius 2 is 1.82 bits per heavy atom. The summed E-state index contributed by atoms with van der Waals surface area (Å²) in [6.07, 6.45) is 7.83. The molecule has 2 aromatic carbocycles. The number of carbonyl (C=O) groups is 1. The van der Waals surface area contributed by atoms with Crippen molar-refractivity contribution < 1.29 is 13.6 Å². The number of nitrogens with one attached hydrogen (secondary N) is 1. The van der Waals surface area contributed by atoms with Gasteiger partial charge in [-0.1, -0.05) is 30.2 Å². The van der Waals surface area contributed by atoms with E-state index < -0.39 is 5.63 Å². The van der Waals surface area contributed by atoms with Gasteiger partial charge in [-0.3, -0.25) is 4.79 Å². The molecule has 2 fully saturated rings. The first-order valence-electron chi connectivity index (χ1n) is 13.6. The van der Waals surface area contributed by atoms with Crippen LogP contribution in [0.25, 0.3) is 33.1 Å². The van der Waals surface area contributed by atoms with Crippen LogP contribution in [0.4, 0.5) is 0 Å². The predicted octanol–water partition coefficient (Wildman–Crippen LogP) is 6.40. The molecule has 0 unspecified atom stereocenters. The van der Waals surface area contributed by atoms with Gasteiger partial charge in [0.15, 0.2) is 0 Å². The van der Waals surface area contributed by atoms with E-state index in [1.807, 2.05) is 44.2 Å². The zero-order chi connectivity index (χ0) is 26.4. The van der Waals surface area contributed by atoms with Crippen molar-refractivity contribution in [3.8, 4) is 11.1 Å². The number of furan rings is 1. The lowest BCUT2D eigenvalue weighted by Crippen LogP contribution is -2.51. The van der Waals surface area contributed by atoms with Crippen LogP contribution >= 0.6 is 11.6 Å². The number of fused-ring (bicyclic) bond motifs is 3. The Morgan fingerprint density at radius 3 is 2.63 bits per heavy atom.